The number of unbranched alkanes of at least 4 members (excludes halogenated alkanes) is 1. The maximum absolute atomic E-state index is 3.78. The lowest BCUT2D eigenvalue weighted by atomic mass is 9.91. The van der Waals surface area contributed by atoms with E-state index in [0.29, 0.717) is 0 Å². The molecule has 0 bridgehead atoms. The number of allylic oxidation sites excluding steroid dienone is 1. The average Bonchev–Trinajstić information content (AvgIpc) is 2.63. The number of hydrogen-bond donors (Lipinski definition) is 1. The van der Waals surface area contributed by atoms with E-state index in [2.05, 4.69) is 18.8 Å². The molecule has 0 radical (unpaired) electrons. The second-order valence-corrected chi connectivity index (χ2v) is 4.48. The summed E-state index contributed by atoms with van der Waals surface area (Å²) >= 11 is 0. The van der Waals surface area contributed by atoms with Crippen molar-refractivity contribution in [3.63, 3.8) is 0 Å². The van der Waals surface area contributed by atoms with E-state index >= 15 is 0 Å². The van der Waals surface area contributed by atoms with Crippen LogP contribution in [0.2, 0.25) is 0 Å². The lowest BCUT2D eigenvalue weighted by Gasteiger charge is -2.19. The Labute approximate surface area is 89.0 Å². The minimum atomic E-state index is 0.958. The molecule has 1 N–H and O–H groups in total. The van der Waals surface area contributed by atoms with Crippen LogP contribution in [0, 0.1) is 11.8 Å². The molecule has 0 saturated heterocycles. The highest BCUT2D eigenvalue weighted by Crippen LogP contribution is 2.34. The fourth-order valence-electron chi connectivity index (χ4n) is 2.62. The van der Waals surface area contributed by atoms with Crippen molar-refractivity contribution in [2.45, 2.75) is 45.4 Å². The van der Waals surface area contributed by atoms with Crippen LogP contribution >= 0.6 is 0 Å². The van der Waals surface area contributed by atoms with E-state index in [4.69, 9.17) is 0 Å². The van der Waals surface area contributed by atoms with E-state index in [1.807, 2.05) is 6.08 Å². The fourth-order valence-corrected chi connectivity index (χ4v) is 2.62. The molecule has 0 heterocycles. The van der Waals surface area contributed by atoms with Crippen LogP contribution in [0.25, 0.3) is 0 Å². The van der Waals surface area contributed by atoms with Crippen LogP contribution < -0.4 is 5.32 Å². The largest absolute Gasteiger partial charge is 0.317 e. The summed E-state index contributed by atoms with van der Waals surface area (Å²) in [6.07, 6.45) is 10.4. The molecule has 1 aliphatic carbocycles. The molecule has 0 aromatic rings. The Hall–Kier alpha value is -0.300. The van der Waals surface area contributed by atoms with Gasteiger partial charge < -0.3 is 5.32 Å². The van der Waals surface area contributed by atoms with E-state index in [-0.39, 0.29) is 0 Å². The predicted octanol–water partition coefficient (Wildman–Crippen LogP) is 3.37. The molecule has 0 spiro atoms. The molecule has 0 amide bonds. The van der Waals surface area contributed by atoms with Crippen molar-refractivity contribution < 1.29 is 0 Å². The number of rotatable bonds is 7. The van der Waals surface area contributed by atoms with E-state index in [9.17, 15) is 0 Å². The topological polar surface area (TPSA) is 12.0 Å². The number of hydrogen-bond acceptors (Lipinski definition) is 1. The predicted molar refractivity (Wildman–Crippen MR) is 63.4 cm³/mol. The van der Waals surface area contributed by atoms with E-state index in [1.165, 1.54) is 45.1 Å². The summed E-state index contributed by atoms with van der Waals surface area (Å²) in [4.78, 5) is 0. The normalized spacial score (nSPS) is 26.6. The van der Waals surface area contributed by atoms with Crippen molar-refractivity contribution in [3.8, 4) is 0 Å². The second kappa shape index (κ2) is 7.05. The van der Waals surface area contributed by atoms with Gasteiger partial charge in [-0.2, -0.15) is 0 Å². The molecule has 1 aliphatic rings. The summed E-state index contributed by atoms with van der Waals surface area (Å²) in [5.74, 6) is 1.95. The monoisotopic (exact) mass is 195 g/mol. The molecule has 0 aromatic heterocycles. The smallest absolute Gasteiger partial charge is 0.00180 e. The molecule has 14 heavy (non-hydrogen) atoms. The van der Waals surface area contributed by atoms with Crippen molar-refractivity contribution in [2.75, 3.05) is 13.1 Å². The first kappa shape index (κ1) is 11.8. The zero-order valence-corrected chi connectivity index (χ0v) is 9.60. The van der Waals surface area contributed by atoms with Crippen molar-refractivity contribution in [1.29, 1.82) is 0 Å². The lowest BCUT2D eigenvalue weighted by molar-refractivity contribution is 0.344. The Morgan fingerprint density at radius 2 is 2.14 bits per heavy atom. The zero-order valence-electron chi connectivity index (χ0n) is 9.60. The third kappa shape index (κ3) is 3.83. The lowest BCUT2D eigenvalue weighted by Crippen LogP contribution is -2.25. The van der Waals surface area contributed by atoms with E-state index < -0.39 is 0 Å². The molecule has 0 aliphatic heterocycles. The molecule has 1 nitrogen and oxygen atoms in total. The van der Waals surface area contributed by atoms with Gasteiger partial charge in [-0.05, 0) is 50.6 Å². The van der Waals surface area contributed by atoms with Crippen molar-refractivity contribution in [2.24, 2.45) is 11.8 Å². The van der Waals surface area contributed by atoms with Gasteiger partial charge in [-0.25, -0.2) is 0 Å². The molecule has 1 saturated carbocycles. The second-order valence-electron chi connectivity index (χ2n) is 4.48. The molecular formula is C13H25N. The van der Waals surface area contributed by atoms with Gasteiger partial charge in [0, 0.05) is 0 Å². The van der Waals surface area contributed by atoms with Crippen LogP contribution in [0.3, 0.4) is 0 Å². The van der Waals surface area contributed by atoms with E-state index in [0.717, 1.165) is 18.4 Å². The minimum Gasteiger partial charge on any atom is -0.317 e. The van der Waals surface area contributed by atoms with Crippen molar-refractivity contribution >= 4 is 0 Å². The van der Waals surface area contributed by atoms with Gasteiger partial charge in [0.15, 0.2) is 0 Å². The van der Waals surface area contributed by atoms with Crippen LogP contribution in [0.15, 0.2) is 12.7 Å². The van der Waals surface area contributed by atoms with Crippen LogP contribution in [-0.2, 0) is 0 Å². The average molecular weight is 195 g/mol. The van der Waals surface area contributed by atoms with E-state index in [1.54, 1.807) is 0 Å². The van der Waals surface area contributed by atoms with Gasteiger partial charge in [0.1, 0.15) is 0 Å². The molecule has 0 aromatic carbocycles. The maximum atomic E-state index is 3.78. The Morgan fingerprint density at radius 1 is 1.36 bits per heavy atom. The van der Waals surface area contributed by atoms with Gasteiger partial charge in [0.05, 0.1) is 0 Å². The number of nitrogens with one attached hydrogen (secondary N) is 1. The van der Waals surface area contributed by atoms with Gasteiger partial charge >= 0.3 is 0 Å². The van der Waals surface area contributed by atoms with Gasteiger partial charge in [-0.15, -0.1) is 6.58 Å². The molecule has 1 fully saturated rings. The summed E-state index contributed by atoms with van der Waals surface area (Å²) in [6.45, 7) is 8.34. The van der Waals surface area contributed by atoms with Gasteiger partial charge in [-0.1, -0.05) is 25.8 Å². The molecule has 2 unspecified atom stereocenters. The Morgan fingerprint density at radius 3 is 2.86 bits per heavy atom. The summed E-state index contributed by atoms with van der Waals surface area (Å²) in [5.41, 5.74) is 0. The van der Waals surface area contributed by atoms with Crippen molar-refractivity contribution in [1.82, 2.24) is 5.32 Å². The molecular weight excluding hydrogens is 170 g/mol. The van der Waals surface area contributed by atoms with Crippen LogP contribution in [-0.4, -0.2) is 13.1 Å². The molecule has 2 atom stereocenters. The standard InChI is InChI=1S/C13H25N/c1-3-5-6-8-12-9-7-10-13(12)11-14-4-2/h3,12-14H,1,4-11H2,2H3. The quantitative estimate of drug-likeness (QED) is 0.485. The minimum absolute atomic E-state index is 0.958. The van der Waals surface area contributed by atoms with Crippen LogP contribution in [0.5, 0.6) is 0 Å². The Bertz CT molecular complexity index is 153. The highest BCUT2D eigenvalue weighted by molar-refractivity contribution is 4.79. The zero-order chi connectivity index (χ0) is 10.2. The fraction of sp³-hybridized carbons (Fsp3) is 0.846. The third-order valence-electron chi connectivity index (χ3n) is 3.46. The van der Waals surface area contributed by atoms with Crippen LogP contribution in [0.1, 0.15) is 45.4 Å². The molecule has 1 heteroatoms. The third-order valence-corrected chi connectivity index (χ3v) is 3.46. The van der Waals surface area contributed by atoms with Crippen molar-refractivity contribution in [3.05, 3.63) is 12.7 Å². The summed E-state index contributed by atoms with van der Waals surface area (Å²) in [5, 5.41) is 3.49. The highest BCUT2D eigenvalue weighted by atomic mass is 14.8. The Balaban J connectivity index is 2.17. The molecule has 1 rings (SSSR count). The van der Waals surface area contributed by atoms with Gasteiger partial charge in [0.25, 0.3) is 0 Å². The van der Waals surface area contributed by atoms with Crippen LogP contribution in [0.4, 0.5) is 0 Å². The first-order valence-electron chi connectivity index (χ1n) is 6.20. The summed E-state index contributed by atoms with van der Waals surface area (Å²) in [6, 6.07) is 0. The molecule has 82 valence electrons. The first-order chi connectivity index (χ1) is 6.88. The summed E-state index contributed by atoms with van der Waals surface area (Å²) in [7, 11) is 0. The SMILES string of the molecule is C=CCCCC1CCCC1CNCC. The summed E-state index contributed by atoms with van der Waals surface area (Å²) < 4.78 is 0. The van der Waals surface area contributed by atoms with Gasteiger partial charge in [0.2, 0.25) is 0 Å². The Kier molecular flexibility index (Phi) is 5.93. The van der Waals surface area contributed by atoms with Gasteiger partial charge in [-0.3, -0.25) is 0 Å². The highest BCUT2D eigenvalue weighted by Gasteiger charge is 2.25. The first-order valence-corrected chi connectivity index (χ1v) is 6.20. The maximum Gasteiger partial charge on any atom is -0.00180 e.